The quantitative estimate of drug-likeness (QED) is 0.938. The predicted molar refractivity (Wildman–Crippen MR) is 91.3 cm³/mol. The number of nitrogens with zero attached hydrogens (tertiary/aromatic N) is 5. The van der Waals surface area contributed by atoms with Crippen LogP contribution in [0.4, 0.5) is 5.82 Å². The third kappa shape index (κ3) is 3.37. The highest BCUT2D eigenvalue weighted by molar-refractivity contribution is 5.39. The van der Waals surface area contributed by atoms with Crippen LogP contribution >= 0.6 is 0 Å². The lowest BCUT2D eigenvalue weighted by Gasteiger charge is -2.39. The van der Waals surface area contributed by atoms with Crippen molar-refractivity contribution in [3.05, 3.63) is 35.5 Å². The summed E-state index contributed by atoms with van der Waals surface area (Å²) >= 11 is 0. The fourth-order valence-electron chi connectivity index (χ4n) is 3.55. The van der Waals surface area contributed by atoms with Crippen molar-refractivity contribution in [3.8, 4) is 0 Å². The standard InChI is InChI=1S/C17H26N6/c1-12-10-18-13(2)17(21-12)19-11-14-6-5-9-22(3)16(14)15-7-8-20-23(15)4/h7-8,10,14,16H,5-6,9,11H2,1-4H3,(H,19,21)/t14-,16+/m0/s1. The summed E-state index contributed by atoms with van der Waals surface area (Å²) < 4.78 is 2.00. The molecule has 3 rings (SSSR count). The summed E-state index contributed by atoms with van der Waals surface area (Å²) in [6, 6.07) is 2.53. The van der Waals surface area contributed by atoms with Crippen molar-refractivity contribution in [2.75, 3.05) is 25.5 Å². The summed E-state index contributed by atoms with van der Waals surface area (Å²) in [6.07, 6.45) is 6.15. The molecule has 2 aromatic heterocycles. The highest BCUT2D eigenvalue weighted by Crippen LogP contribution is 2.34. The van der Waals surface area contributed by atoms with Crippen LogP contribution in [0.25, 0.3) is 0 Å². The maximum Gasteiger partial charge on any atom is 0.147 e. The zero-order chi connectivity index (χ0) is 16.4. The fraction of sp³-hybridized carbons (Fsp3) is 0.588. The smallest absolute Gasteiger partial charge is 0.147 e. The molecule has 0 radical (unpaired) electrons. The van der Waals surface area contributed by atoms with Gasteiger partial charge in [0.2, 0.25) is 0 Å². The zero-order valence-corrected chi connectivity index (χ0v) is 14.5. The first-order chi connectivity index (χ1) is 11.1. The van der Waals surface area contributed by atoms with Crippen molar-refractivity contribution in [3.63, 3.8) is 0 Å². The Morgan fingerprint density at radius 3 is 2.87 bits per heavy atom. The molecular formula is C17H26N6. The SMILES string of the molecule is Cc1cnc(C)c(NC[C@@H]2CCCN(C)[C@H]2c2ccnn2C)n1. The molecule has 124 valence electrons. The lowest BCUT2D eigenvalue weighted by atomic mass is 9.87. The normalized spacial score (nSPS) is 22.3. The molecule has 0 unspecified atom stereocenters. The summed E-state index contributed by atoms with van der Waals surface area (Å²) in [7, 11) is 4.24. The molecule has 0 aromatic carbocycles. The number of aryl methyl sites for hydroxylation is 3. The molecule has 0 amide bonds. The van der Waals surface area contributed by atoms with E-state index >= 15 is 0 Å². The van der Waals surface area contributed by atoms with Gasteiger partial charge in [0.1, 0.15) is 5.82 Å². The van der Waals surface area contributed by atoms with E-state index in [1.165, 1.54) is 18.5 Å². The Hall–Kier alpha value is -1.95. The average Bonchev–Trinajstić information content (AvgIpc) is 2.94. The van der Waals surface area contributed by atoms with E-state index in [0.717, 1.165) is 30.3 Å². The Kier molecular flexibility index (Phi) is 4.61. The van der Waals surface area contributed by atoms with Crippen molar-refractivity contribution >= 4 is 5.82 Å². The second kappa shape index (κ2) is 6.66. The molecule has 1 fully saturated rings. The van der Waals surface area contributed by atoms with Crippen molar-refractivity contribution in [2.45, 2.75) is 32.7 Å². The number of rotatable bonds is 4. The van der Waals surface area contributed by atoms with Crippen LogP contribution in [0.5, 0.6) is 0 Å². The Morgan fingerprint density at radius 2 is 2.13 bits per heavy atom. The second-order valence-corrected chi connectivity index (χ2v) is 6.53. The van der Waals surface area contributed by atoms with Gasteiger partial charge in [0.15, 0.2) is 0 Å². The van der Waals surface area contributed by atoms with Crippen LogP contribution in [0.3, 0.4) is 0 Å². The molecular weight excluding hydrogens is 288 g/mol. The van der Waals surface area contributed by atoms with Gasteiger partial charge >= 0.3 is 0 Å². The van der Waals surface area contributed by atoms with Crippen LogP contribution < -0.4 is 5.32 Å². The first kappa shape index (κ1) is 15.9. The van der Waals surface area contributed by atoms with Crippen LogP contribution in [0.1, 0.15) is 36.0 Å². The predicted octanol–water partition coefficient (Wildman–Crippen LogP) is 2.32. The van der Waals surface area contributed by atoms with Crippen molar-refractivity contribution in [1.82, 2.24) is 24.6 Å². The molecule has 0 saturated carbocycles. The Morgan fingerprint density at radius 1 is 1.30 bits per heavy atom. The van der Waals surface area contributed by atoms with Gasteiger partial charge in [-0.1, -0.05) is 0 Å². The maximum atomic E-state index is 4.58. The lowest BCUT2D eigenvalue weighted by molar-refractivity contribution is 0.121. The minimum atomic E-state index is 0.391. The van der Waals surface area contributed by atoms with Gasteiger partial charge in [-0.3, -0.25) is 14.6 Å². The van der Waals surface area contributed by atoms with E-state index < -0.39 is 0 Å². The maximum absolute atomic E-state index is 4.58. The summed E-state index contributed by atoms with van der Waals surface area (Å²) in [5.41, 5.74) is 3.19. The molecule has 2 atom stereocenters. The average molecular weight is 314 g/mol. The summed E-state index contributed by atoms with van der Waals surface area (Å²) in [5.74, 6) is 1.44. The largest absolute Gasteiger partial charge is 0.368 e. The van der Waals surface area contributed by atoms with E-state index in [1.54, 1.807) is 0 Å². The van der Waals surface area contributed by atoms with Crippen LogP contribution in [0.2, 0.25) is 0 Å². The van der Waals surface area contributed by atoms with Gasteiger partial charge in [0, 0.05) is 26.0 Å². The number of aromatic nitrogens is 4. The highest BCUT2D eigenvalue weighted by Gasteiger charge is 2.32. The Labute approximate surface area is 137 Å². The zero-order valence-electron chi connectivity index (χ0n) is 14.5. The van der Waals surface area contributed by atoms with Crippen LogP contribution in [-0.4, -0.2) is 44.8 Å². The Balaban J connectivity index is 1.77. The van der Waals surface area contributed by atoms with Crippen molar-refractivity contribution in [1.29, 1.82) is 0 Å². The molecule has 1 N–H and O–H groups in total. The molecule has 1 aliphatic rings. The first-order valence-corrected chi connectivity index (χ1v) is 8.28. The molecule has 1 saturated heterocycles. The summed E-state index contributed by atoms with van der Waals surface area (Å²) in [4.78, 5) is 11.4. The monoisotopic (exact) mass is 314 g/mol. The van der Waals surface area contributed by atoms with E-state index in [2.05, 4.69) is 38.4 Å². The van der Waals surface area contributed by atoms with Crippen molar-refractivity contribution < 1.29 is 0 Å². The fourth-order valence-corrected chi connectivity index (χ4v) is 3.55. The molecule has 3 heterocycles. The van der Waals surface area contributed by atoms with E-state index in [9.17, 15) is 0 Å². The molecule has 0 aliphatic carbocycles. The summed E-state index contributed by atoms with van der Waals surface area (Å²) in [5, 5.41) is 7.88. The van der Waals surface area contributed by atoms with Gasteiger partial charge < -0.3 is 5.32 Å². The van der Waals surface area contributed by atoms with Gasteiger partial charge in [-0.15, -0.1) is 0 Å². The molecule has 6 heteroatoms. The van der Waals surface area contributed by atoms with Crippen LogP contribution in [0, 0.1) is 19.8 Å². The van der Waals surface area contributed by atoms with Gasteiger partial charge in [-0.05, 0) is 52.3 Å². The summed E-state index contributed by atoms with van der Waals surface area (Å²) in [6.45, 7) is 6.01. The highest BCUT2D eigenvalue weighted by atomic mass is 15.3. The van der Waals surface area contributed by atoms with E-state index in [1.807, 2.05) is 38.0 Å². The molecule has 0 bridgehead atoms. The topological polar surface area (TPSA) is 58.9 Å². The number of piperidine rings is 1. The van der Waals surface area contributed by atoms with Gasteiger partial charge in [-0.2, -0.15) is 5.10 Å². The number of nitrogens with one attached hydrogen (secondary N) is 1. The molecule has 2 aromatic rings. The first-order valence-electron chi connectivity index (χ1n) is 8.28. The third-order valence-electron chi connectivity index (χ3n) is 4.78. The molecule has 6 nitrogen and oxygen atoms in total. The molecule has 23 heavy (non-hydrogen) atoms. The second-order valence-electron chi connectivity index (χ2n) is 6.53. The lowest BCUT2D eigenvalue weighted by Crippen LogP contribution is -2.40. The van der Waals surface area contributed by atoms with Crippen molar-refractivity contribution in [2.24, 2.45) is 13.0 Å². The van der Waals surface area contributed by atoms with Gasteiger partial charge in [-0.25, -0.2) is 4.98 Å². The van der Waals surface area contributed by atoms with E-state index in [0.29, 0.717) is 12.0 Å². The Bertz CT molecular complexity index is 665. The molecule has 1 aliphatic heterocycles. The van der Waals surface area contributed by atoms with E-state index in [-0.39, 0.29) is 0 Å². The number of likely N-dealkylation sites (tertiary alicyclic amines) is 1. The number of hydrogen-bond donors (Lipinski definition) is 1. The van der Waals surface area contributed by atoms with Gasteiger partial charge in [0.25, 0.3) is 0 Å². The van der Waals surface area contributed by atoms with Crippen LogP contribution in [-0.2, 0) is 7.05 Å². The van der Waals surface area contributed by atoms with Crippen LogP contribution in [0.15, 0.2) is 18.5 Å². The minimum absolute atomic E-state index is 0.391. The number of anilines is 1. The van der Waals surface area contributed by atoms with E-state index in [4.69, 9.17) is 0 Å². The van der Waals surface area contributed by atoms with Gasteiger partial charge in [0.05, 0.1) is 23.1 Å². The molecule has 0 spiro atoms. The number of hydrogen-bond acceptors (Lipinski definition) is 5. The minimum Gasteiger partial charge on any atom is -0.368 e. The third-order valence-corrected chi connectivity index (χ3v) is 4.78.